The first-order chi connectivity index (χ1) is 9.16. The SMILES string of the molecule is Cn1c(=O)c(Cc2ccccc2)nn2c(=S)[nH]nc12. The summed E-state index contributed by atoms with van der Waals surface area (Å²) in [6.45, 7) is 0. The van der Waals surface area contributed by atoms with Gasteiger partial charge in [0.1, 0.15) is 5.69 Å². The Labute approximate surface area is 113 Å². The van der Waals surface area contributed by atoms with Crippen molar-refractivity contribution in [1.82, 2.24) is 24.4 Å². The number of rotatable bonds is 2. The van der Waals surface area contributed by atoms with E-state index in [0.717, 1.165) is 5.56 Å². The van der Waals surface area contributed by atoms with Crippen LogP contribution in [-0.2, 0) is 13.5 Å². The van der Waals surface area contributed by atoms with E-state index in [1.165, 1.54) is 9.08 Å². The van der Waals surface area contributed by atoms with E-state index in [1.54, 1.807) is 7.05 Å². The van der Waals surface area contributed by atoms with Crippen LogP contribution in [0.25, 0.3) is 5.78 Å². The zero-order valence-electron chi connectivity index (χ0n) is 10.2. The highest BCUT2D eigenvalue weighted by molar-refractivity contribution is 7.71. The third kappa shape index (κ3) is 1.97. The molecule has 6 nitrogen and oxygen atoms in total. The number of nitrogens with zero attached hydrogens (tertiary/aromatic N) is 4. The highest BCUT2D eigenvalue weighted by atomic mass is 32.1. The van der Waals surface area contributed by atoms with Crippen LogP contribution in [0.2, 0.25) is 0 Å². The third-order valence-electron chi connectivity index (χ3n) is 2.92. The van der Waals surface area contributed by atoms with Gasteiger partial charge in [0.25, 0.3) is 11.3 Å². The number of aryl methyl sites for hydroxylation is 1. The molecule has 0 atom stereocenters. The molecule has 2 aromatic heterocycles. The van der Waals surface area contributed by atoms with Crippen LogP contribution in [0.15, 0.2) is 35.1 Å². The largest absolute Gasteiger partial charge is 0.277 e. The van der Waals surface area contributed by atoms with Gasteiger partial charge in [-0.25, -0.2) is 5.10 Å². The van der Waals surface area contributed by atoms with Gasteiger partial charge in [-0.15, -0.1) is 5.10 Å². The maximum Gasteiger partial charge on any atom is 0.276 e. The number of benzene rings is 1. The van der Waals surface area contributed by atoms with Crippen LogP contribution in [0.5, 0.6) is 0 Å². The lowest BCUT2D eigenvalue weighted by Crippen LogP contribution is -2.26. The quantitative estimate of drug-likeness (QED) is 0.709. The summed E-state index contributed by atoms with van der Waals surface area (Å²) in [5, 5.41) is 10.9. The van der Waals surface area contributed by atoms with E-state index in [4.69, 9.17) is 12.2 Å². The van der Waals surface area contributed by atoms with E-state index in [-0.39, 0.29) is 5.56 Å². The molecule has 7 heteroatoms. The Morgan fingerprint density at radius 1 is 1.32 bits per heavy atom. The minimum absolute atomic E-state index is 0.162. The van der Waals surface area contributed by atoms with Crippen molar-refractivity contribution in [3.05, 3.63) is 56.7 Å². The Kier molecular flexibility index (Phi) is 2.75. The molecule has 0 saturated heterocycles. The maximum absolute atomic E-state index is 12.2. The lowest BCUT2D eigenvalue weighted by atomic mass is 10.1. The number of H-pyrrole nitrogens is 1. The molecule has 0 unspecified atom stereocenters. The number of hydrogen-bond acceptors (Lipinski definition) is 4. The zero-order chi connectivity index (χ0) is 13.4. The molecule has 1 aromatic carbocycles. The first-order valence-electron chi connectivity index (χ1n) is 5.74. The third-order valence-corrected chi connectivity index (χ3v) is 3.18. The summed E-state index contributed by atoms with van der Waals surface area (Å²) in [5.41, 5.74) is 1.31. The Morgan fingerprint density at radius 3 is 2.79 bits per heavy atom. The van der Waals surface area contributed by atoms with Crippen LogP contribution in [0, 0.1) is 4.77 Å². The molecule has 0 bridgehead atoms. The standard InChI is InChI=1S/C12H11N5OS/c1-16-10(18)9(7-8-5-3-2-4-6-8)15-17-11(16)13-14-12(17)19/h2-6H,7H2,1H3,(H,14,19). The average Bonchev–Trinajstić information content (AvgIpc) is 2.79. The normalized spacial score (nSPS) is 11.0. The van der Waals surface area contributed by atoms with Gasteiger partial charge in [-0.3, -0.25) is 9.36 Å². The fraction of sp³-hybridized carbons (Fsp3) is 0.167. The van der Waals surface area contributed by atoms with E-state index in [0.29, 0.717) is 22.7 Å². The summed E-state index contributed by atoms with van der Waals surface area (Å²) in [7, 11) is 1.66. The van der Waals surface area contributed by atoms with Crippen molar-refractivity contribution >= 4 is 18.0 Å². The topological polar surface area (TPSA) is 68.0 Å². The van der Waals surface area contributed by atoms with Gasteiger partial charge in [0, 0.05) is 13.5 Å². The summed E-state index contributed by atoms with van der Waals surface area (Å²) in [6.07, 6.45) is 0.469. The molecule has 0 aliphatic rings. The Bertz CT molecular complexity index is 846. The predicted octanol–water partition coefficient (Wildman–Crippen LogP) is 1.08. The molecule has 96 valence electrons. The van der Waals surface area contributed by atoms with Crippen LogP contribution < -0.4 is 5.56 Å². The minimum atomic E-state index is -0.162. The summed E-state index contributed by atoms with van der Waals surface area (Å²) in [6, 6.07) is 9.72. The minimum Gasteiger partial charge on any atom is -0.277 e. The predicted molar refractivity (Wildman–Crippen MR) is 72.7 cm³/mol. The van der Waals surface area contributed by atoms with Gasteiger partial charge < -0.3 is 0 Å². The van der Waals surface area contributed by atoms with E-state index < -0.39 is 0 Å². The van der Waals surface area contributed by atoms with E-state index in [9.17, 15) is 4.79 Å². The van der Waals surface area contributed by atoms with E-state index in [1.807, 2.05) is 30.3 Å². The van der Waals surface area contributed by atoms with Gasteiger partial charge in [-0.2, -0.15) is 9.61 Å². The fourth-order valence-corrected chi connectivity index (χ4v) is 2.11. The average molecular weight is 273 g/mol. The van der Waals surface area contributed by atoms with Gasteiger partial charge in [-0.05, 0) is 17.8 Å². The van der Waals surface area contributed by atoms with E-state index in [2.05, 4.69) is 15.3 Å². The first kappa shape index (κ1) is 11.8. The number of nitrogens with one attached hydrogen (secondary N) is 1. The van der Waals surface area contributed by atoms with Crippen LogP contribution in [-0.4, -0.2) is 24.4 Å². The molecule has 0 radical (unpaired) electrons. The van der Waals surface area contributed by atoms with Crippen molar-refractivity contribution in [2.24, 2.45) is 7.05 Å². The number of aromatic nitrogens is 5. The van der Waals surface area contributed by atoms with Crippen molar-refractivity contribution in [1.29, 1.82) is 0 Å². The number of aromatic amines is 1. The van der Waals surface area contributed by atoms with Crippen LogP contribution in [0.3, 0.4) is 0 Å². The molecule has 0 amide bonds. The lowest BCUT2D eigenvalue weighted by Gasteiger charge is -2.04. The van der Waals surface area contributed by atoms with Crippen molar-refractivity contribution < 1.29 is 0 Å². The fourth-order valence-electron chi connectivity index (χ4n) is 1.94. The van der Waals surface area contributed by atoms with Crippen molar-refractivity contribution in [2.45, 2.75) is 6.42 Å². The van der Waals surface area contributed by atoms with Gasteiger partial charge in [-0.1, -0.05) is 30.3 Å². The highest BCUT2D eigenvalue weighted by Gasteiger charge is 2.11. The zero-order valence-corrected chi connectivity index (χ0v) is 11.0. The molecular weight excluding hydrogens is 262 g/mol. The van der Waals surface area contributed by atoms with Crippen molar-refractivity contribution in [3.63, 3.8) is 0 Å². The molecule has 0 spiro atoms. The Balaban J connectivity index is 2.19. The molecule has 3 aromatic rings. The summed E-state index contributed by atoms with van der Waals surface area (Å²) < 4.78 is 3.28. The molecule has 0 saturated carbocycles. The monoisotopic (exact) mass is 273 g/mol. The van der Waals surface area contributed by atoms with Gasteiger partial charge in [0.15, 0.2) is 0 Å². The van der Waals surface area contributed by atoms with Gasteiger partial charge >= 0.3 is 0 Å². The van der Waals surface area contributed by atoms with Crippen molar-refractivity contribution in [2.75, 3.05) is 0 Å². The lowest BCUT2D eigenvalue weighted by molar-refractivity contribution is 0.734. The number of fused-ring (bicyclic) bond motifs is 1. The second kappa shape index (κ2) is 4.43. The molecule has 1 N–H and O–H groups in total. The summed E-state index contributed by atoms with van der Waals surface area (Å²) >= 11 is 5.08. The first-order valence-corrected chi connectivity index (χ1v) is 6.15. The highest BCUT2D eigenvalue weighted by Crippen LogP contribution is 2.04. The summed E-state index contributed by atoms with van der Waals surface area (Å²) in [4.78, 5) is 12.2. The van der Waals surface area contributed by atoms with Crippen LogP contribution in [0.1, 0.15) is 11.3 Å². The van der Waals surface area contributed by atoms with Gasteiger partial charge in [0.05, 0.1) is 0 Å². The van der Waals surface area contributed by atoms with Gasteiger partial charge in [0.2, 0.25) is 4.77 Å². The Hall–Kier alpha value is -2.28. The molecule has 3 rings (SSSR count). The van der Waals surface area contributed by atoms with Crippen LogP contribution in [0.4, 0.5) is 0 Å². The Morgan fingerprint density at radius 2 is 2.05 bits per heavy atom. The molecule has 2 heterocycles. The second-order valence-electron chi connectivity index (χ2n) is 4.21. The second-order valence-corrected chi connectivity index (χ2v) is 4.60. The summed E-state index contributed by atoms with van der Waals surface area (Å²) in [5.74, 6) is 0.409. The van der Waals surface area contributed by atoms with Crippen molar-refractivity contribution in [3.8, 4) is 0 Å². The molecule has 0 aliphatic carbocycles. The maximum atomic E-state index is 12.2. The molecule has 0 fully saturated rings. The molecule has 0 aliphatic heterocycles. The molecule has 19 heavy (non-hydrogen) atoms. The smallest absolute Gasteiger partial charge is 0.276 e. The van der Waals surface area contributed by atoms with E-state index >= 15 is 0 Å². The number of hydrogen-bond donors (Lipinski definition) is 1. The molecular formula is C12H11N5OS. The van der Waals surface area contributed by atoms with Crippen LogP contribution >= 0.6 is 12.2 Å².